The summed E-state index contributed by atoms with van der Waals surface area (Å²) < 4.78 is 21.3. The molecule has 1 N–H and O–H groups in total. The summed E-state index contributed by atoms with van der Waals surface area (Å²) in [6.07, 6.45) is 0. The van der Waals surface area contributed by atoms with Crippen molar-refractivity contribution in [3.05, 3.63) is 69.0 Å². The average molecular weight is 472 g/mol. The number of methoxy groups -OCH3 is 1. The molecule has 0 bridgehead atoms. The van der Waals surface area contributed by atoms with Crippen molar-refractivity contribution in [2.24, 2.45) is 0 Å². The monoisotopic (exact) mass is 471 g/mol. The Hall–Kier alpha value is -3.59. The van der Waals surface area contributed by atoms with Crippen LogP contribution in [-0.2, 0) is 16.1 Å². The SMILES string of the molecule is CCOC(=O)c1sc(NC(=O)c2ccc(COc3cc(C)ccc3C)o2)c(C(=O)OC)c1C. The minimum absolute atomic E-state index is 0.0362. The van der Waals surface area contributed by atoms with Gasteiger partial charge in [-0.15, -0.1) is 11.3 Å². The summed E-state index contributed by atoms with van der Waals surface area (Å²) in [6, 6.07) is 9.06. The van der Waals surface area contributed by atoms with E-state index in [-0.39, 0.29) is 34.4 Å². The lowest BCUT2D eigenvalue weighted by Gasteiger charge is -2.08. The molecular formula is C24H25NO7S. The van der Waals surface area contributed by atoms with Gasteiger partial charge in [0.25, 0.3) is 5.91 Å². The van der Waals surface area contributed by atoms with E-state index in [9.17, 15) is 14.4 Å². The number of benzene rings is 1. The van der Waals surface area contributed by atoms with Crippen LogP contribution >= 0.6 is 11.3 Å². The molecule has 9 heteroatoms. The lowest BCUT2D eigenvalue weighted by atomic mass is 10.1. The highest BCUT2D eigenvalue weighted by molar-refractivity contribution is 7.18. The third-order valence-electron chi connectivity index (χ3n) is 4.82. The van der Waals surface area contributed by atoms with Crippen LogP contribution in [-0.4, -0.2) is 31.6 Å². The van der Waals surface area contributed by atoms with Gasteiger partial charge in [-0.2, -0.15) is 0 Å². The molecule has 1 amide bonds. The largest absolute Gasteiger partial charge is 0.485 e. The number of aryl methyl sites for hydroxylation is 2. The van der Waals surface area contributed by atoms with E-state index in [1.54, 1.807) is 19.9 Å². The van der Waals surface area contributed by atoms with Crippen molar-refractivity contribution in [2.45, 2.75) is 34.3 Å². The molecule has 174 valence electrons. The summed E-state index contributed by atoms with van der Waals surface area (Å²) in [4.78, 5) is 37.5. The third-order valence-corrected chi connectivity index (χ3v) is 6.01. The van der Waals surface area contributed by atoms with E-state index in [0.717, 1.165) is 28.2 Å². The molecule has 8 nitrogen and oxygen atoms in total. The van der Waals surface area contributed by atoms with Gasteiger partial charge in [-0.3, -0.25) is 4.79 Å². The van der Waals surface area contributed by atoms with Crippen molar-refractivity contribution in [1.29, 1.82) is 0 Å². The summed E-state index contributed by atoms with van der Waals surface area (Å²) in [7, 11) is 1.23. The van der Waals surface area contributed by atoms with Crippen LogP contribution in [0.5, 0.6) is 5.75 Å². The van der Waals surface area contributed by atoms with Crippen LogP contribution in [0.15, 0.2) is 34.7 Å². The van der Waals surface area contributed by atoms with E-state index in [1.807, 2.05) is 32.0 Å². The lowest BCUT2D eigenvalue weighted by molar-refractivity contribution is 0.0531. The first-order valence-electron chi connectivity index (χ1n) is 10.2. The fourth-order valence-electron chi connectivity index (χ4n) is 3.09. The van der Waals surface area contributed by atoms with Gasteiger partial charge in [-0.25, -0.2) is 9.59 Å². The number of ether oxygens (including phenoxy) is 3. The zero-order valence-electron chi connectivity index (χ0n) is 19.1. The van der Waals surface area contributed by atoms with Crippen molar-refractivity contribution in [1.82, 2.24) is 0 Å². The van der Waals surface area contributed by atoms with Crippen LogP contribution in [0, 0.1) is 20.8 Å². The quantitative estimate of drug-likeness (QED) is 0.458. The molecule has 2 heterocycles. The molecule has 3 aromatic rings. The maximum absolute atomic E-state index is 12.8. The highest BCUT2D eigenvalue weighted by Gasteiger charge is 2.27. The number of thiophene rings is 1. The number of nitrogens with one attached hydrogen (secondary N) is 1. The van der Waals surface area contributed by atoms with Crippen molar-refractivity contribution in [2.75, 3.05) is 19.0 Å². The Labute approximate surface area is 195 Å². The molecular weight excluding hydrogens is 446 g/mol. The van der Waals surface area contributed by atoms with Crippen molar-refractivity contribution < 1.29 is 33.0 Å². The number of amides is 1. The number of rotatable bonds is 8. The smallest absolute Gasteiger partial charge is 0.348 e. The summed E-state index contributed by atoms with van der Waals surface area (Å²) in [5.41, 5.74) is 2.54. The number of carbonyl (C=O) groups is 3. The Morgan fingerprint density at radius 1 is 1.06 bits per heavy atom. The molecule has 0 fully saturated rings. The second-order valence-electron chi connectivity index (χ2n) is 7.25. The second kappa shape index (κ2) is 10.4. The molecule has 0 saturated heterocycles. The number of carbonyl (C=O) groups excluding carboxylic acids is 3. The van der Waals surface area contributed by atoms with Gasteiger partial charge in [0.1, 0.15) is 28.0 Å². The summed E-state index contributed by atoms with van der Waals surface area (Å²) in [5.74, 6) is -0.584. The van der Waals surface area contributed by atoms with Gasteiger partial charge in [0.05, 0.1) is 19.3 Å². The zero-order valence-corrected chi connectivity index (χ0v) is 19.9. The predicted molar refractivity (Wildman–Crippen MR) is 123 cm³/mol. The first-order chi connectivity index (χ1) is 15.7. The molecule has 0 saturated carbocycles. The minimum atomic E-state index is -0.670. The average Bonchev–Trinajstić information content (AvgIpc) is 3.38. The number of furan rings is 1. The third kappa shape index (κ3) is 5.43. The van der Waals surface area contributed by atoms with Gasteiger partial charge in [0, 0.05) is 0 Å². The van der Waals surface area contributed by atoms with Crippen LogP contribution < -0.4 is 10.1 Å². The zero-order chi connectivity index (χ0) is 24.1. The maximum Gasteiger partial charge on any atom is 0.348 e. The van der Waals surface area contributed by atoms with Gasteiger partial charge in [0.15, 0.2) is 5.76 Å². The fraction of sp³-hybridized carbons (Fsp3) is 0.292. The Kier molecular flexibility index (Phi) is 7.55. The van der Waals surface area contributed by atoms with Crippen LogP contribution in [0.2, 0.25) is 0 Å². The Bertz CT molecular complexity index is 1190. The van der Waals surface area contributed by atoms with Gasteiger partial charge >= 0.3 is 11.9 Å². The summed E-state index contributed by atoms with van der Waals surface area (Å²) in [6.45, 7) is 7.54. The Morgan fingerprint density at radius 2 is 1.82 bits per heavy atom. The summed E-state index contributed by atoms with van der Waals surface area (Å²) in [5, 5.41) is 2.82. The topological polar surface area (TPSA) is 104 Å². The molecule has 0 atom stereocenters. The second-order valence-corrected chi connectivity index (χ2v) is 8.27. The van der Waals surface area contributed by atoms with Gasteiger partial charge in [-0.05, 0) is 62.6 Å². The van der Waals surface area contributed by atoms with Crippen LogP contribution in [0.25, 0.3) is 0 Å². The maximum atomic E-state index is 12.8. The Morgan fingerprint density at radius 3 is 2.52 bits per heavy atom. The van der Waals surface area contributed by atoms with E-state index in [4.69, 9.17) is 18.6 Å². The molecule has 0 aliphatic heterocycles. The molecule has 0 unspecified atom stereocenters. The van der Waals surface area contributed by atoms with E-state index >= 15 is 0 Å². The molecule has 0 aliphatic carbocycles. The van der Waals surface area contributed by atoms with Crippen LogP contribution in [0.3, 0.4) is 0 Å². The normalized spacial score (nSPS) is 10.6. The highest BCUT2D eigenvalue weighted by atomic mass is 32.1. The number of hydrogen-bond acceptors (Lipinski definition) is 8. The predicted octanol–water partition coefficient (Wildman–Crippen LogP) is 5.06. The van der Waals surface area contributed by atoms with Crippen molar-refractivity contribution in [3.8, 4) is 5.75 Å². The standard InChI is InChI=1S/C24H25NO7S/c1-6-30-24(28)20-15(4)19(23(27)29-5)22(33-20)25-21(26)17-10-9-16(32-17)12-31-18-11-13(2)7-8-14(18)3/h7-11H,6,12H2,1-5H3,(H,25,26). The van der Waals surface area contributed by atoms with Crippen LogP contribution in [0.4, 0.5) is 5.00 Å². The molecule has 0 aliphatic rings. The highest BCUT2D eigenvalue weighted by Crippen LogP contribution is 2.34. The van der Waals surface area contributed by atoms with E-state index in [2.05, 4.69) is 5.32 Å². The fourth-order valence-corrected chi connectivity index (χ4v) is 4.18. The van der Waals surface area contributed by atoms with E-state index in [0.29, 0.717) is 11.3 Å². The van der Waals surface area contributed by atoms with Crippen molar-refractivity contribution >= 4 is 34.2 Å². The van der Waals surface area contributed by atoms with Gasteiger partial charge in [-0.1, -0.05) is 12.1 Å². The first-order valence-corrected chi connectivity index (χ1v) is 11.1. The van der Waals surface area contributed by atoms with E-state index < -0.39 is 17.8 Å². The number of hydrogen-bond donors (Lipinski definition) is 1. The molecule has 2 aromatic heterocycles. The summed E-state index contributed by atoms with van der Waals surface area (Å²) >= 11 is 0.944. The number of anilines is 1. The van der Waals surface area contributed by atoms with Crippen LogP contribution in [0.1, 0.15) is 60.0 Å². The lowest BCUT2D eigenvalue weighted by Crippen LogP contribution is -2.13. The first kappa shape index (κ1) is 24.1. The molecule has 33 heavy (non-hydrogen) atoms. The van der Waals surface area contributed by atoms with E-state index in [1.165, 1.54) is 13.2 Å². The molecule has 0 radical (unpaired) electrons. The van der Waals surface area contributed by atoms with Gasteiger partial charge < -0.3 is 23.9 Å². The van der Waals surface area contributed by atoms with Gasteiger partial charge in [0.2, 0.25) is 0 Å². The minimum Gasteiger partial charge on any atom is -0.485 e. The molecule has 3 rings (SSSR count). The molecule has 0 spiro atoms. The number of esters is 2. The van der Waals surface area contributed by atoms with Crippen molar-refractivity contribution in [3.63, 3.8) is 0 Å². The molecule has 1 aromatic carbocycles. The Balaban J connectivity index is 1.77.